The van der Waals surface area contributed by atoms with Crippen LogP contribution in [-0.4, -0.2) is 41.3 Å². The molecule has 0 bridgehead atoms. The average Bonchev–Trinajstić information content (AvgIpc) is 2.72. The van der Waals surface area contributed by atoms with Gasteiger partial charge in [-0.05, 0) is 41.4 Å². The summed E-state index contributed by atoms with van der Waals surface area (Å²) in [4.78, 5) is 13.0. The molecule has 3 unspecified atom stereocenters. The molecule has 1 saturated heterocycles. The highest BCUT2D eigenvalue weighted by molar-refractivity contribution is 5.82. The number of fused-ring (bicyclic) bond motifs is 1. The molecule has 3 atom stereocenters. The topological polar surface area (TPSA) is 61.8 Å². The molecule has 0 aromatic heterocycles. The van der Waals surface area contributed by atoms with E-state index in [-0.39, 0.29) is 18.1 Å². The summed E-state index contributed by atoms with van der Waals surface area (Å²) in [6.07, 6.45) is 7.21. The fraction of sp³-hybridized carbons (Fsp3) is 0.318. The molecule has 2 aliphatic heterocycles. The molecule has 2 aromatic carbocycles. The van der Waals surface area contributed by atoms with Gasteiger partial charge in [-0.25, -0.2) is 4.79 Å². The van der Waals surface area contributed by atoms with Gasteiger partial charge in [-0.1, -0.05) is 48.6 Å². The number of hydrogen-bond donors (Lipinski definition) is 2. The van der Waals surface area contributed by atoms with E-state index in [9.17, 15) is 9.90 Å². The van der Waals surface area contributed by atoms with E-state index in [2.05, 4.69) is 35.6 Å². The maximum atomic E-state index is 11.6. The van der Waals surface area contributed by atoms with E-state index in [1.807, 2.05) is 24.3 Å². The Labute approximate surface area is 158 Å². The first kappa shape index (κ1) is 17.8. The lowest BCUT2D eigenvalue weighted by atomic mass is 9.86. The summed E-state index contributed by atoms with van der Waals surface area (Å²) in [5.41, 5.74) is 1.13. The number of carbonyl (C=O) groups is 1. The Morgan fingerprint density at radius 2 is 2.04 bits per heavy atom. The number of hydrogen-bond acceptors (Lipinski definition) is 3. The van der Waals surface area contributed by atoms with Crippen molar-refractivity contribution in [3.63, 3.8) is 0 Å². The second kappa shape index (κ2) is 7.94. The molecule has 0 saturated carbocycles. The lowest BCUT2D eigenvalue weighted by Crippen LogP contribution is -2.52. The second-order valence-corrected chi connectivity index (χ2v) is 7.09. The smallest absolute Gasteiger partial charge is 0.411 e. The van der Waals surface area contributed by atoms with E-state index in [1.54, 1.807) is 12.3 Å². The van der Waals surface area contributed by atoms with Crippen LogP contribution in [0.1, 0.15) is 12.0 Å². The summed E-state index contributed by atoms with van der Waals surface area (Å²) in [7, 11) is 0. The third kappa shape index (κ3) is 3.89. The first-order valence-corrected chi connectivity index (χ1v) is 9.38. The molecule has 4 rings (SSSR count). The molecule has 5 nitrogen and oxygen atoms in total. The van der Waals surface area contributed by atoms with Gasteiger partial charge in [0.2, 0.25) is 0 Å². The Morgan fingerprint density at radius 1 is 1.19 bits per heavy atom. The highest BCUT2D eigenvalue weighted by Gasteiger charge is 2.36. The quantitative estimate of drug-likeness (QED) is 0.867. The minimum atomic E-state index is -0.924. The molecule has 2 N–H and O–H groups in total. The summed E-state index contributed by atoms with van der Waals surface area (Å²) >= 11 is 0. The number of nitrogens with zero attached hydrogens (tertiary/aromatic N) is 1. The summed E-state index contributed by atoms with van der Waals surface area (Å²) in [5.74, 6) is 0.129. The fourth-order valence-electron chi connectivity index (χ4n) is 4.01. The van der Waals surface area contributed by atoms with Crippen LogP contribution in [0.3, 0.4) is 0 Å². The second-order valence-electron chi connectivity index (χ2n) is 7.09. The van der Waals surface area contributed by atoms with E-state index in [1.165, 1.54) is 15.7 Å². The van der Waals surface area contributed by atoms with Crippen molar-refractivity contribution >= 4 is 16.9 Å². The largest absolute Gasteiger partial charge is 0.465 e. The number of rotatable bonds is 4. The molecule has 2 aromatic rings. The predicted molar refractivity (Wildman–Crippen MR) is 105 cm³/mol. The Bertz CT molecular complexity index is 877. The molecule has 0 spiro atoms. The van der Waals surface area contributed by atoms with Gasteiger partial charge >= 0.3 is 6.09 Å². The number of nitrogens with one attached hydrogen (secondary N) is 1. The van der Waals surface area contributed by atoms with Gasteiger partial charge in [0.1, 0.15) is 0 Å². The van der Waals surface area contributed by atoms with Crippen molar-refractivity contribution in [1.82, 2.24) is 10.2 Å². The summed E-state index contributed by atoms with van der Waals surface area (Å²) in [6, 6.07) is 14.5. The van der Waals surface area contributed by atoms with Crippen molar-refractivity contribution in [3.05, 3.63) is 72.5 Å². The molecule has 140 valence electrons. The fourth-order valence-corrected chi connectivity index (χ4v) is 4.01. The number of carboxylic acid groups (broad SMARTS) is 1. The maximum absolute atomic E-state index is 11.6. The van der Waals surface area contributed by atoms with Crippen molar-refractivity contribution in [2.75, 3.05) is 13.1 Å². The van der Waals surface area contributed by atoms with Crippen LogP contribution in [-0.2, 0) is 11.3 Å². The molecule has 2 heterocycles. The van der Waals surface area contributed by atoms with Crippen molar-refractivity contribution in [2.24, 2.45) is 5.92 Å². The summed E-state index contributed by atoms with van der Waals surface area (Å²) in [5, 5.41) is 15.3. The summed E-state index contributed by atoms with van der Waals surface area (Å²) < 4.78 is 6.27. The van der Waals surface area contributed by atoms with Crippen LogP contribution in [0.4, 0.5) is 4.79 Å². The zero-order valence-electron chi connectivity index (χ0n) is 15.1. The monoisotopic (exact) mass is 364 g/mol. The number of ether oxygens (including phenoxy) is 1. The number of benzene rings is 2. The standard InChI is InChI=1S/C22H24N2O3/c25-22(26)24-12-4-3-7-20(24)19-10-11-23-14-21(19)27-15-16-8-9-17-5-1-2-6-18(17)13-16/h1-9,12-13,19-21,23H,10-11,14-15H2,(H,25,26). The molecular weight excluding hydrogens is 340 g/mol. The van der Waals surface area contributed by atoms with Gasteiger partial charge in [-0.2, -0.15) is 0 Å². The summed E-state index contributed by atoms with van der Waals surface area (Å²) in [6.45, 7) is 2.13. The minimum Gasteiger partial charge on any atom is -0.465 e. The van der Waals surface area contributed by atoms with Crippen LogP contribution >= 0.6 is 0 Å². The predicted octanol–water partition coefficient (Wildman–Crippen LogP) is 3.77. The Morgan fingerprint density at radius 3 is 2.89 bits per heavy atom. The maximum Gasteiger partial charge on any atom is 0.411 e. The van der Waals surface area contributed by atoms with E-state index in [4.69, 9.17) is 4.74 Å². The van der Waals surface area contributed by atoms with Gasteiger partial charge in [-0.15, -0.1) is 0 Å². The Hall–Kier alpha value is -2.63. The van der Waals surface area contributed by atoms with Gasteiger partial charge < -0.3 is 15.2 Å². The van der Waals surface area contributed by atoms with Crippen molar-refractivity contribution in [1.29, 1.82) is 0 Å². The van der Waals surface area contributed by atoms with Crippen LogP contribution in [0.25, 0.3) is 10.8 Å². The molecule has 0 radical (unpaired) electrons. The van der Waals surface area contributed by atoms with Crippen LogP contribution in [0.2, 0.25) is 0 Å². The van der Waals surface area contributed by atoms with Crippen LogP contribution in [0.5, 0.6) is 0 Å². The van der Waals surface area contributed by atoms with Crippen molar-refractivity contribution < 1.29 is 14.6 Å². The molecule has 0 aliphatic carbocycles. The molecular formula is C22H24N2O3. The van der Waals surface area contributed by atoms with E-state index >= 15 is 0 Å². The first-order valence-electron chi connectivity index (χ1n) is 9.38. The molecule has 2 aliphatic rings. The van der Waals surface area contributed by atoms with Crippen molar-refractivity contribution in [2.45, 2.75) is 25.2 Å². The van der Waals surface area contributed by atoms with Gasteiger partial charge in [0, 0.05) is 18.7 Å². The highest BCUT2D eigenvalue weighted by Crippen LogP contribution is 2.28. The van der Waals surface area contributed by atoms with Crippen molar-refractivity contribution in [3.8, 4) is 0 Å². The van der Waals surface area contributed by atoms with Crippen LogP contribution < -0.4 is 5.32 Å². The Balaban J connectivity index is 1.48. The van der Waals surface area contributed by atoms with E-state index in [0.717, 1.165) is 25.1 Å². The van der Waals surface area contributed by atoms with E-state index in [0.29, 0.717) is 6.61 Å². The Kier molecular flexibility index (Phi) is 5.23. The number of piperidine rings is 1. The van der Waals surface area contributed by atoms with Gasteiger partial charge in [0.15, 0.2) is 0 Å². The zero-order valence-corrected chi connectivity index (χ0v) is 15.1. The molecule has 5 heteroatoms. The third-order valence-corrected chi connectivity index (χ3v) is 5.40. The van der Waals surface area contributed by atoms with Crippen LogP contribution in [0, 0.1) is 5.92 Å². The lowest BCUT2D eigenvalue weighted by molar-refractivity contribution is -0.0283. The van der Waals surface area contributed by atoms with Gasteiger partial charge in [0.25, 0.3) is 0 Å². The van der Waals surface area contributed by atoms with Gasteiger partial charge in [-0.3, -0.25) is 4.90 Å². The minimum absolute atomic E-state index is 0.0341. The third-order valence-electron chi connectivity index (χ3n) is 5.40. The lowest BCUT2D eigenvalue weighted by Gasteiger charge is -2.40. The number of amides is 1. The van der Waals surface area contributed by atoms with E-state index < -0.39 is 6.09 Å². The van der Waals surface area contributed by atoms with Gasteiger partial charge in [0.05, 0.1) is 18.8 Å². The average molecular weight is 364 g/mol. The SMILES string of the molecule is O=C(O)N1C=CC=CC1C1CCNCC1OCc1ccc2ccccc2c1. The highest BCUT2D eigenvalue weighted by atomic mass is 16.5. The van der Waals surface area contributed by atoms with Crippen LogP contribution in [0.15, 0.2) is 66.9 Å². The zero-order chi connectivity index (χ0) is 18.6. The normalized spacial score (nSPS) is 25.0. The molecule has 27 heavy (non-hydrogen) atoms. The number of allylic oxidation sites excluding steroid dienone is 2. The molecule has 1 amide bonds. The molecule has 1 fully saturated rings. The first-order chi connectivity index (χ1) is 13.2.